The van der Waals surface area contributed by atoms with E-state index < -0.39 is 11.9 Å². The molecule has 2 rings (SSSR count). The second-order valence-electron chi connectivity index (χ2n) is 5.20. The van der Waals surface area contributed by atoms with Crippen molar-refractivity contribution in [3.05, 3.63) is 0 Å². The second kappa shape index (κ2) is 4.44. The summed E-state index contributed by atoms with van der Waals surface area (Å²) in [5.74, 6) is -0.322. The highest BCUT2D eigenvalue weighted by Crippen LogP contribution is 2.39. The fourth-order valence-corrected chi connectivity index (χ4v) is 2.65. The van der Waals surface area contributed by atoms with Gasteiger partial charge in [0.2, 0.25) is 5.91 Å². The maximum absolute atomic E-state index is 11.6. The number of nitrogens with one attached hydrogen (secondary N) is 1. The maximum Gasteiger partial charge on any atom is 0.307 e. The third-order valence-corrected chi connectivity index (χ3v) is 4.02. The van der Waals surface area contributed by atoms with Crippen LogP contribution < -0.4 is 5.32 Å². The van der Waals surface area contributed by atoms with Gasteiger partial charge in [-0.2, -0.15) is 0 Å². The number of hydrogen-bond donors (Lipinski definition) is 2. The Bertz CT molecular complexity index is 303. The molecule has 0 aliphatic heterocycles. The normalized spacial score (nSPS) is 37.1. The highest BCUT2D eigenvalue weighted by molar-refractivity contribution is 5.89. The molecule has 1 amide bonds. The summed E-state index contributed by atoms with van der Waals surface area (Å²) in [5.41, 5.74) is 0. The lowest BCUT2D eigenvalue weighted by atomic mass is 9.98. The van der Waals surface area contributed by atoms with Gasteiger partial charge >= 0.3 is 5.97 Å². The molecule has 0 radical (unpaired) electrons. The molecule has 0 heterocycles. The van der Waals surface area contributed by atoms with Crippen LogP contribution in [0.3, 0.4) is 0 Å². The first-order valence-electron chi connectivity index (χ1n) is 6.10. The number of carbonyl (C=O) groups is 2. The van der Waals surface area contributed by atoms with E-state index in [4.69, 9.17) is 5.11 Å². The zero-order chi connectivity index (χ0) is 11.7. The van der Waals surface area contributed by atoms with Gasteiger partial charge in [-0.3, -0.25) is 9.59 Å². The summed E-state index contributed by atoms with van der Waals surface area (Å²) >= 11 is 0. The first-order chi connectivity index (χ1) is 7.59. The molecule has 2 fully saturated rings. The van der Waals surface area contributed by atoms with Crippen molar-refractivity contribution in [1.82, 2.24) is 5.32 Å². The van der Waals surface area contributed by atoms with Crippen molar-refractivity contribution in [2.45, 2.75) is 32.6 Å². The van der Waals surface area contributed by atoms with Crippen molar-refractivity contribution in [3.8, 4) is 0 Å². The Balaban J connectivity index is 1.71. The first kappa shape index (κ1) is 11.4. The van der Waals surface area contributed by atoms with Crippen LogP contribution in [-0.2, 0) is 9.59 Å². The third kappa shape index (κ3) is 2.36. The van der Waals surface area contributed by atoms with Gasteiger partial charge in [-0.05, 0) is 24.7 Å². The molecule has 4 nitrogen and oxygen atoms in total. The van der Waals surface area contributed by atoms with E-state index >= 15 is 0 Å². The Morgan fingerprint density at radius 2 is 2.06 bits per heavy atom. The zero-order valence-corrected chi connectivity index (χ0v) is 9.61. The standard InChI is InChI=1S/C12H19NO3/c1-7-3-2-4-8(7)6-13-11(14)9-5-10(9)12(15)16/h7-10H,2-6H2,1H3,(H,13,14)(H,15,16). The van der Waals surface area contributed by atoms with E-state index in [1.807, 2.05) is 0 Å². The molecule has 0 aromatic heterocycles. The molecule has 4 atom stereocenters. The van der Waals surface area contributed by atoms with E-state index in [9.17, 15) is 9.59 Å². The molecular formula is C12H19NO3. The lowest BCUT2D eigenvalue weighted by Gasteiger charge is -2.15. The molecule has 0 spiro atoms. The summed E-state index contributed by atoms with van der Waals surface area (Å²) in [5, 5.41) is 11.6. The van der Waals surface area contributed by atoms with Gasteiger partial charge in [0.05, 0.1) is 11.8 Å². The molecule has 2 aliphatic rings. The molecule has 2 aliphatic carbocycles. The maximum atomic E-state index is 11.6. The fourth-order valence-electron chi connectivity index (χ4n) is 2.65. The van der Waals surface area contributed by atoms with Gasteiger partial charge in [0.1, 0.15) is 0 Å². The van der Waals surface area contributed by atoms with Crippen molar-refractivity contribution in [3.63, 3.8) is 0 Å². The van der Waals surface area contributed by atoms with E-state index in [1.54, 1.807) is 0 Å². The van der Waals surface area contributed by atoms with Crippen molar-refractivity contribution in [2.24, 2.45) is 23.7 Å². The molecule has 0 saturated heterocycles. The molecule has 0 aromatic carbocycles. The number of aliphatic carboxylic acids is 1. The van der Waals surface area contributed by atoms with Crippen LogP contribution in [0.2, 0.25) is 0 Å². The minimum atomic E-state index is -0.839. The van der Waals surface area contributed by atoms with E-state index in [1.165, 1.54) is 19.3 Å². The molecule has 16 heavy (non-hydrogen) atoms. The number of carbonyl (C=O) groups excluding carboxylic acids is 1. The Hall–Kier alpha value is -1.06. The van der Waals surface area contributed by atoms with E-state index in [0.29, 0.717) is 18.3 Å². The van der Waals surface area contributed by atoms with Crippen LogP contribution in [0.1, 0.15) is 32.6 Å². The van der Waals surface area contributed by atoms with Gasteiger partial charge < -0.3 is 10.4 Å². The van der Waals surface area contributed by atoms with E-state index in [2.05, 4.69) is 12.2 Å². The highest BCUT2D eigenvalue weighted by Gasteiger charge is 2.48. The molecule has 4 heteroatoms. The highest BCUT2D eigenvalue weighted by atomic mass is 16.4. The van der Waals surface area contributed by atoms with Crippen LogP contribution in [0.25, 0.3) is 0 Å². The SMILES string of the molecule is CC1CCCC1CNC(=O)C1CC1C(=O)O. The number of carboxylic acid groups (broad SMARTS) is 1. The van der Waals surface area contributed by atoms with Crippen LogP contribution in [0.4, 0.5) is 0 Å². The van der Waals surface area contributed by atoms with Crippen molar-refractivity contribution >= 4 is 11.9 Å². The monoisotopic (exact) mass is 225 g/mol. The predicted molar refractivity (Wildman–Crippen MR) is 58.7 cm³/mol. The van der Waals surface area contributed by atoms with Crippen LogP contribution in [0.15, 0.2) is 0 Å². The van der Waals surface area contributed by atoms with Crippen molar-refractivity contribution in [2.75, 3.05) is 6.54 Å². The van der Waals surface area contributed by atoms with Gasteiger partial charge in [-0.25, -0.2) is 0 Å². The zero-order valence-electron chi connectivity index (χ0n) is 9.61. The van der Waals surface area contributed by atoms with E-state index in [0.717, 1.165) is 6.54 Å². The van der Waals surface area contributed by atoms with Crippen LogP contribution in [0.5, 0.6) is 0 Å². The largest absolute Gasteiger partial charge is 0.481 e. The Morgan fingerprint density at radius 1 is 1.31 bits per heavy atom. The summed E-state index contributed by atoms with van der Waals surface area (Å²) in [4.78, 5) is 22.2. The molecule has 2 N–H and O–H groups in total. The number of carboxylic acids is 1. The Labute approximate surface area is 95.4 Å². The Morgan fingerprint density at radius 3 is 2.56 bits per heavy atom. The molecule has 90 valence electrons. The van der Waals surface area contributed by atoms with Crippen LogP contribution in [-0.4, -0.2) is 23.5 Å². The quantitative estimate of drug-likeness (QED) is 0.757. The smallest absolute Gasteiger partial charge is 0.307 e. The average Bonchev–Trinajstić information content (AvgIpc) is 2.94. The topological polar surface area (TPSA) is 66.4 Å². The number of amides is 1. The molecule has 2 saturated carbocycles. The van der Waals surface area contributed by atoms with Gasteiger partial charge in [0, 0.05) is 6.54 Å². The third-order valence-electron chi connectivity index (χ3n) is 4.02. The van der Waals surface area contributed by atoms with Crippen LogP contribution >= 0.6 is 0 Å². The summed E-state index contributed by atoms with van der Waals surface area (Å²) in [6, 6.07) is 0. The predicted octanol–water partition coefficient (Wildman–Crippen LogP) is 1.26. The van der Waals surface area contributed by atoms with Gasteiger partial charge in [-0.15, -0.1) is 0 Å². The number of rotatable bonds is 4. The summed E-state index contributed by atoms with van der Waals surface area (Å²) < 4.78 is 0. The molecular weight excluding hydrogens is 206 g/mol. The number of hydrogen-bond acceptors (Lipinski definition) is 2. The minimum absolute atomic E-state index is 0.0634. The van der Waals surface area contributed by atoms with Gasteiger partial charge in [-0.1, -0.05) is 19.8 Å². The van der Waals surface area contributed by atoms with Crippen molar-refractivity contribution in [1.29, 1.82) is 0 Å². The van der Waals surface area contributed by atoms with Crippen LogP contribution in [0, 0.1) is 23.7 Å². The summed E-state index contributed by atoms with van der Waals surface area (Å²) in [6.45, 7) is 2.95. The first-order valence-corrected chi connectivity index (χ1v) is 6.10. The second-order valence-corrected chi connectivity index (χ2v) is 5.20. The van der Waals surface area contributed by atoms with E-state index in [-0.39, 0.29) is 11.8 Å². The summed E-state index contributed by atoms with van der Waals surface area (Å²) in [7, 11) is 0. The van der Waals surface area contributed by atoms with Gasteiger partial charge in [0.15, 0.2) is 0 Å². The lowest BCUT2D eigenvalue weighted by Crippen LogP contribution is -2.32. The van der Waals surface area contributed by atoms with Crippen molar-refractivity contribution < 1.29 is 14.7 Å². The van der Waals surface area contributed by atoms with Gasteiger partial charge in [0.25, 0.3) is 0 Å². The average molecular weight is 225 g/mol. The fraction of sp³-hybridized carbons (Fsp3) is 0.833. The summed E-state index contributed by atoms with van der Waals surface area (Å²) in [6.07, 6.45) is 4.21. The lowest BCUT2D eigenvalue weighted by molar-refractivity contribution is -0.140. The molecule has 4 unspecified atom stereocenters. The minimum Gasteiger partial charge on any atom is -0.481 e. The molecule has 0 aromatic rings. The molecule has 0 bridgehead atoms. The Kier molecular flexibility index (Phi) is 3.17.